The van der Waals surface area contributed by atoms with E-state index in [0.717, 1.165) is 25.7 Å². The van der Waals surface area contributed by atoms with Gasteiger partial charge in [-0.3, -0.25) is 9.59 Å². The maximum atomic E-state index is 11.6. The lowest BCUT2D eigenvalue weighted by Crippen LogP contribution is -2.42. The first-order valence-corrected chi connectivity index (χ1v) is 6.53. The molecule has 0 saturated heterocycles. The summed E-state index contributed by atoms with van der Waals surface area (Å²) >= 11 is 0. The molecule has 0 heterocycles. The number of hydrogen-bond donors (Lipinski definition) is 1. The summed E-state index contributed by atoms with van der Waals surface area (Å²) in [7, 11) is 1.36. The number of methoxy groups -OCH3 is 1. The van der Waals surface area contributed by atoms with Crippen molar-refractivity contribution >= 4 is 11.9 Å². The molecule has 18 heavy (non-hydrogen) atoms. The lowest BCUT2D eigenvalue weighted by Gasteiger charge is -2.52. The Labute approximate surface area is 108 Å². The fourth-order valence-electron chi connectivity index (χ4n) is 4.31. The molecule has 2 aliphatic carbocycles. The predicted octanol–water partition coefficient (Wildman–Crippen LogP) is 2.61. The van der Waals surface area contributed by atoms with Crippen molar-refractivity contribution in [1.29, 1.82) is 0 Å². The zero-order valence-electron chi connectivity index (χ0n) is 11.4. The topological polar surface area (TPSA) is 63.6 Å². The van der Waals surface area contributed by atoms with Gasteiger partial charge in [0.2, 0.25) is 0 Å². The van der Waals surface area contributed by atoms with Crippen molar-refractivity contribution in [3.05, 3.63) is 0 Å². The molecule has 3 atom stereocenters. The number of rotatable bonds is 4. The van der Waals surface area contributed by atoms with Crippen molar-refractivity contribution in [2.24, 2.45) is 16.2 Å². The second-order valence-electron chi connectivity index (χ2n) is 6.80. The van der Waals surface area contributed by atoms with Crippen LogP contribution >= 0.6 is 0 Å². The maximum absolute atomic E-state index is 11.6. The van der Waals surface area contributed by atoms with E-state index in [-0.39, 0.29) is 29.6 Å². The minimum atomic E-state index is -0.813. The average Bonchev–Trinajstić information content (AvgIpc) is 2.37. The van der Waals surface area contributed by atoms with Crippen molar-refractivity contribution in [2.75, 3.05) is 7.11 Å². The monoisotopic (exact) mass is 254 g/mol. The Balaban J connectivity index is 2.22. The first-order chi connectivity index (χ1) is 8.24. The molecule has 0 aromatic heterocycles. The molecule has 0 spiro atoms. The van der Waals surface area contributed by atoms with Crippen LogP contribution in [0.4, 0.5) is 0 Å². The number of carbonyl (C=O) groups excluding carboxylic acids is 1. The van der Waals surface area contributed by atoms with E-state index in [1.165, 1.54) is 7.11 Å². The quantitative estimate of drug-likeness (QED) is 0.783. The van der Waals surface area contributed by atoms with E-state index in [2.05, 4.69) is 13.8 Å². The molecule has 2 aliphatic rings. The molecular weight excluding hydrogens is 232 g/mol. The van der Waals surface area contributed by atoms with Gasteiger partial charge < -0.3 is 9.84 Å². The Morgan fingerprint density at radius 3 is 1.94 bits per heavy atom. The highest BCUT2D eigenvalue weighted by Gasteiger charge is 2.64. The molecular formula is C14H22O4. The fraction of sp³-hybridized carbons (Fsp3) is 0.857. The molecule has 0 unspecified atom stereocenters. The molecule has 0 aliphatic heterocycles. The molecule has 1 N–H and O–H groups in total. The Bertz CT molecular complexity index is 371. The van der Waals surface area contributed by atoms with E-state index in [4.69, 9.17) is 9.84 Å². The van der Waals surface area contributed by atoms with Gasteiger partial charge >= 0.3 is 11.9 Å². The van der Waals surface area contributed by atoms with Crippen LogP contribution in [0.2, 0.25) is 0 Å². The zero-order chi connectivity index (χ0) is 13.6. The summed E-state index contributed by atoms with van der Waals surface area (Å²) in [4.78, 5) is 22.7. The summed E-state index contributed by atoms with van der Waals surface area (Å²) in [6, 6.07) is 0. The first-order valence-electron chi connectivity index (χ1n) is 6.53. The van der Waals surface area contributed by atoms with Crippen LogP contribution in [0.15, 0.2) is 0 Å². The van der Waals surface area contributed by atoms with Gasteiger partial charge in [0.05, 0.1) is 20.0 Å². The molecule has 0 aromatic rings. The van der Waals surface area contributed by atoms with E-state index >= 15 is 0 Å². The smallest absolute Gasteiger partial charge is 0.306 e. The third kappa shape index (κ3) is 1.91. The molecule has 2 fully saturated rings. The number of esters is 1. The van der Waals surface area contributed by atoms with Gasteiger partial charge in [0.25, 0.3) is 0 Å². The SMILES string of the molecule is COC(=O)C[C@]1(CC(=O)O)C[C@]2(C)CC[C@]2(C)C1. The van der Waals surface area contributed by atoms with Crippen molar-refractivity contribution in [3.63, 3.8) is 0 Å². The van der Waals surface area contributed by atoms with Crippen LogP contribution in [-0.2, 0) is 14.3 Å². The summed E-state index contributed by atoms with van der Waals surface area (Å²) in [5.41, 5.74) is 0.00582. The van der Waals surface area contributed by atoms with Crippen LogP contribution in [0.1, 0.15) is 52.4 Å². The van der Waals surface area contributed by atoms with E-state index in [9.17, 15) is 9.59 Å². The molecule has 0 radical (unpaired) electrons. The highest BCUT2D eigenvalue weighted by atomic mass is 16.5. The number of fused-ring (bicyclic) bond motifs is 1. The lowest BCUT2D eigenvalue weighted by molar-refractivity contribution is -0.146. The minimum Gasteiger partial charge on any atom is -0.481 e. The molecule has 0 aromatic carbocycles. The third-order valence-corrected chi connectivity index (χ3v) is 5.49. The lowest BCUT2D eigenvalue weighted by atomic mass is 9.53. The Morgan fingerprint density at radius 1 is 1.11 bits per heavy atom. The van der Waals surface area contributed by atoms with Gasteiger partial charge in [0.15, 0.2) is 0 Å². The first kappa shape index (κ1) is 13.4. The highest BCUT2D eigenvalue weighted by molar-refractivity contribution is 5.73. The van der Waals surface area contributed by atoms with Crippen molar-refractivity contribution in [2.45, 2.75) is 52.4 Å². The average molecular weight is 254 g/mol. The molecule has 2 rings (SSSR count). The summed E-state index contributed by atoms with van der Waals surface area (Å²) in [5, 5.41) is 9.13. The third-order valence-electron chi connectivity index (χ3n) is 5.49. The van der Waals surface area contributed by atoms with E-state index in [0.29, 0.717) is 0 Å². The standard InChI is InChI=1S/C14H22O4/c1-12-4-5-13(12,2)9-14(8-12,6-10(15)16)7-11(17)18-3/h4-9H2,1-3H3,(H,15,16)/t12-,13+,14+. The Hall–Kier alpha value is -1.06. The highest BCUT2D eigenvalue weighted by Crippen LogP contribution is 2.72. The number of carboxylic acid groups (broad SMARTS) is 1. The zero-order valence-corrected chi connectivity index (χ0v) is 11.4. The van der Waals surface area contributed by atoms with Gasteiger partial charge in [-0.15, -0.1) is 0 Å². The predicted molar refractivity (Wildman–Crippen MR) is 66.0 cm³/mol. The van der Waals surface area contributed by atoms with E-state index in [1.807, 2.05) is 0 Å². The Kier molecular flexibility index (Phi) is 2.95. The second-order valence-corrected chi connectivity index (χ2v) is 6.80. The number of hydrogen-bond acceptors (Lipinski definition) is 3. The fourth-order valence-corrected chi connectivity index (χ4v) is 4.31. The molecule has 0 amide bonds. The van der Waals surface area contributed by atoms with E-state index in [1.54, 1.807) is 0 Å². The van der Waals surface area contributed by atoms with Gasteiger partial charge in [0, 0.05) is 0 Å². The summed E-state index contributed by atoms with van der Waals surface area (Å²) < 4.78 is 4.74. The van der Waals surface area contributed by atoms with Gasteiger partial charge in [-0.25, -0.2) is 0 Å². The number of carbonyl (C=O) groups is 2. The Morgan fingerprint density at radius 2 is 1.61 bits per heavy atom. The van der Waals surface area contributed by atoms with Crippen LogP contribution in [0.25, 0.3) is 0 Å². The van der Waals surface area contributed by atoms with Gasteiger partial charge in [0.1, 0.15) is 0 Å². The van der Waals surface area contributed by atoms with Crippen LogP contribution in [-0.4, -0.2) is 24.2 Å². The molecule has 102 valence electrons. The van der Waals surface area contributed by atoms with Gasteiger partial charge in [-0.05, 0) is 41.9 Å². The molecule has 4 nitrogen and oxygen atoms in total. The number of carboxylic acids is 1. The largest absolute Gasteiger partial charge is 0.481 e. The molecule has 4 heteroatoms. The second kappa shape index (κ2) is 3.97. The van der Waals surface area contributed by atoms with Crippen molar-refractivity contribution in [3.8, 4) is 0 Å². The van der Waals surface area contributed by atoms with Crippen molar-refractivity contribution < 1.29 is 19.4 Å². The van der Waals surface area contributed by atoms with Crippen LogP contribution in [0, 0.1) is 16.2 Å². The van der Waals surface area contributed by atoms with Crippen LogP contribution < -0.4 is 0 Å². The van der Waals surface area contributed by atoms with Crippen LogP contribution in [0.3, 0.4) is 0 Å². The summed E-state index contributed by atoms with van der Waals surface area (Å²) in [5.74, 6) is -1.10. The molecule has 2 saturated carbocycles. The number of aliphatic carboxylic acids is 1. The van der Waals surface area contributed by atoms with Gasteiger partial charge in [-0.1, -0.05) is 13.8 Å². The van der Waals surface area contributed by atoms with E-state index < -0.39 is 11.4 Å². The minimum absolute atomic E-state index is 0.0767. The summed E-state index contributed by atoms with van der Waals surface area (Å²) in [6.45, 7) is 4.47. The van der Waals surface area contributed by atoms with Crippen molar-refractivity contribution in [1.82, 2.24) is 0 Å². The van der Waals surface area contributed by atoms with Gasteiger partial charge in [-0.2, -0.15) is 0 Å². The summed E-state index contributed by atoms with van der Waals surface area (Å²) in [6.07, 6.45) is 4.27. The normalized spacial score (nSPS) is 41.9. The van der Waals surface area contributed by atoms with Crippen LogP contribution in [0.5, 0.6) is 0 Å². The molecule has 0 bridgehead atoms. The maximum Gasteiger partial charge on any atom is 0.306 e. The number of ether oxygens (including phenoxy) is 1.